The summed E-state index contributed by atoms with van der Waals surface area (Å²) >= 11 is 0. The highest BCUT2D eigenvalue weighted by molar-refractivity contribution is 5.76. The SMILES string of the molecule is CCC/C=C\C/C=C\CCCCCCCC(=O)OCCCCCCCCCCCCCCC(=O)NC(CO)C(O)/C=C/CCCCCCCCCCCCCC. The van der Waals surface area contributed by atoms with Gasteiger partial charge >= 0.3 is 5.97 Å². The zero-order valence-corrected chi connectivity index (χ0v) is 37.1. The van der Waals surface area contributed by atoms with Crippen molar-refractivity contribution in [3.8, 4) is 0 Å². The van der Waals surface area contributed by atoms with Crippen LogP contribution in [0.15, 0.2) is 36.5 Å². The Morgan fingerprint density at radius 2 is 0.929 bits per heavy atom. The number of aliphatic hydroxyl groups excluding tert-OH is 2. The average molecular weight is 788 g/mol. The topological polar surface area (TPSA) is 95.9 Å². The lowest BCUT2D eigenvalue weighted by atomic mass is 10.0. The molecule has 0 radical (unpaired) electrons. The van der Waals surface area contributed by atoms with E-state index < -0.39 is 12.1 Å². The maximum absolute atomic E-state index is 12.4. The van der Waals surface area contributed by atoms with Gasteiger partial charge in [0.05, 0.1) is 25.4 Å². The summed E-state index contributed by atoms with van der Waals surface area (Å²) in [7, 11) is 0. The molecule has 0 aliphatic heterocycles. The van der Waals surface area contributed by atoms with Crippen LogP contribution in [-0.2, 0) is 14.3 Å². The van der Waals surface area contributed by atoms with Gasteiger partial charge in [0.2, 0.25) is 5.91 Å². The van der Waals surface area contributed by atoms with E-state index in [1.807, 2.05) is 6.08 Å². The Morgan fingerprint density at radius 1 is 0.500 bits per heavy atom. The van der Waals surface area contributed by atoms with Gasteiger partial charge in [-0.3, -0.25) is 9.59 Å². The zero-order chi connectivity index (χ0) is 40.8. The van der Waals surface area contributed by atoms with Gasteiger partial charge in [0.25, 0.3) is 0 Å². The minimum absolute atomic E-state index is 0.0269. The molecule has 0 saturated carbocycles. The van der Waals surface area contributed by atoms with Gasteiger partial charge in [-0.25, -0.2) is 0 Å². The Balaban J connectivity index is 3.52. The van der Waals surface area contributed by atoms with E-state index in [-0.39, 0.29) is 18.5 Å². The number of rotatable bonds is 44. The van der Waals surface area contributed by atoms with E-state index in [1.54, 1.807) is 6.08 Å². The molecule has 0 aromatic carbocycles. The number of amides is 1. The molecule has 0 aliphatic rings. The van der Waals surface area contributed by atoms with E-state index in [0.29, 0.717) is 19.4 Å². The first-order valence-electron chi connectivity index (χ1n) is 24.3. The summed E-state index contributed by atoms with van der Waals surface area (Å²) in [4.78, 5) is 24.4. The Kier molecular flexibility index (Phi) is 44.2. The molecule has 0 rings (SSSR count). The molecule has 2 atom stereocenters. The second-order valence-electron chi connectivity index (χ2n) is 16.4. The van der Waals surface area contributed by atoms with Crippen molar-refractivity contribution in [3.63, 3.8) is 0 Å². The smallest absolute Gasteiger partial charge is 0.305 e. The van der Waals surface area contributed by atoms with Gasteiger partial charge in [-0.15, -0.1) is 0 Å². The monoisotopic (exact) mass is 788 g/mol. The normalized spacial score (nSPS) is 13.0. The molecule has 0 bridgehead atoms. The van der Waals surface area contributed by atoms with Crippen molar-refractivity contribution in [1.29, 1.82) is 0 Å². The number of hydrogen-bond donors (Lipinski definition) is 3. The molecule has 0 saturated heterocycles. The van der Waals surface area contributed by atoms with Crippen LogP contribution in [0.2, 0.25) is 0 Å². The molecule has 1 amide bonds. The van der Waals surface area contributed by atoms with Crippen molar-refractivity contribution in [2.75, 3.05) is 13.2 Å². The Morgan fingerprint density at radius 3 is 1.43 bits per heavy atom. The van der Waals surface area contributed by atoms with Crippen molar-refractivity contribution < 1.29 is 24.5 Å². The molecule has 328 valence electrons. The van der Waals surface area contributed by atoms with Crippen molar-refractivity contribution in [1.82, 2.24) is 5.32 Å². The fourth-order valence-electron chi connectivity index (χ4n) is 7.14. The van der Waals surface area contributed by atoms with Crippen molar-refractivity contribution in [2.24, 2.45) is 0 Å². The minimum Gasteiger partial charge on any atom is -0.466 e. The molecular weight excluding hydrogens is 695 g/mol. The van der Waals surface area contributed by atoms with Crippen molar-refractivity contribution in [3.05, 3.63) is 36.5 Å². The minimum atomic E-state index is -0.855. The van der Waals surface area contributed by atoms with E-state index in [1.165, 1.54) is 148 Å². The third kappa shape index (κ3) is 41.7. The molecule has 56 heavy (non-hydrogen) atoms. The first-order chi connectivity index (χ1) is 27.5. The molecule has 2 unspecified atom stereocenters. The van der Waals surface area contributed by atoms with Crippen LogP contribution in [-0.4, -0.2) is 47.4 Å². The molecule has 0 heterocycles. The van der Waals surface area contributed by atoms with Crippen molar-refractivity contribution in [2.45, 2.75) is 257 Å². The van der Waals surface area contributed by atoms with Crippen LogP contribution in [0.4, 0.5) is 0 Å². The summed E-state index contributed by atoms with van der Waals surface area (Å²) in [5.74, 6) is -0.112. The van der Waals surface area contributed by atoms with Gasteiger partial charge in [0.1, 0.15) is 0 Å². The number of aliphatic hydroxyl groups is 2. The van der Waals surface area contributed by atoms with Gasteiger partial charge in [0.15, 0.2) is 0 Å². The summed E-state index contributed by atoms with van der Waals surface area (Å²) in [6.07, 6.45) is 54.1. The number of hydrogen-bond acceptors (Lipinski definition) is 5. The number of carbonyl (C=O) groups is 2. The fourth-order valence-corrected chi connectivity index (χ4v) is 7.14. The van der Waals surface area contributed by atoms with E-state index in [0.717, 1.165) is 70.6 Å². The van der Waals surface area contributed by atoms with Gasteiger partial charge in [-0.05, 0) is 57.8 Å². The maximum atomic E-state index is 12.4. The first kappa shape index (κ1) is 54.1. The Hall–Kier alpha value is -1.92. The first-order valence-corrected chi connectivity index (χ1v) is 24.3. The third-order valence-corrected chi connectivity index (χ3v) is 10.9. The highest BCUT2D eigenvalue weighted by atomic mass is 16.5. The third-order valence-electron chi connectivity index (χ3n) is 10.9. The van der Waals surface area contributed by atoms with Crippen LogP contribution in [0.1, 0.15) is 245 Å². The van der Waals surface area contributed by atoms with Crippen LogP contribution in [0, 0.1) is 0 Å². The zero-order valence-electron chi connectivity index (χ0n) is 37.1. The lowest BCUT2D eigenvalue weighted by Gasteiger charge is -2.20. The Bertz CT molecular complexity index is 915. The number of nitrogens with one attached hydrogen (secondary N) is 1. The number of allylic oxidation sites excluding steroid dienone is 5. The largest absolute Gasteiger partial charge is 0.466 e. The summed E-state index contributed by atoms with van der Waals surface area (Å²) < 4.78 is 5.44. The van der Waals surface area contributed by atoms with Gasteiger partial charge in [-0.2, -0.15) is 0 Å². The van der Waals surface area contributed by atoms with Crippen LogP contribution in [0.3, 0.4) is 0 Å². The van der Waals surface area contributed by atoms with E-state index in [9.17, 15) is 19.8 Å². The summed E-state index contributed by atoms with van der Waals surface area (Å²) in [5.41, 5.74) is 0. The predicted molar refractivity (Wildman–Crippen MR) is 241 cm³/mol. The summed E-state index contributed by atoms with van der Waals surface area (Å²) in [6, 6.07) is -0.640. The second kappa shape index (κ2) is 45.8. The molecule has 3 N–H and O–H groups in total. The number of ether oxygens (including phenoxy) is 1. The molecule has 0 aromatic rings. The number of esters is 1. The van der Waals surface area contributed by atoms with Crippen LogP contribution < -0.4 is 5.32 Å². The molecular formula is C50H93NO5. The van der Waals surface area contributed by atoms with Gasteiger partial charge in [-0.1, -0.05) is 211 Å². The number of unbranched alkanes of at least 4 members (excludes halogenated alkanes) is 29. The molecule has 6 nitrogen and oxygen atoms in total. The lowest BCUT2D eigenvalue weighted by molar-refractivity contribution is -0.143. The highest BCUT2D eigenvalue weighted by Crippen LogP contribution is 2.15. The van der Waals surface area contributed by atoms with Crippen LogP contribution >= 0.6 is 0 Å². The van der Waals surface area contributed by atoms with Gasteiger partial charge < -0.3 is 20.3 Å². The molecule has 0 spiro atoms. The van der Waals surface area contributed by atoms with Gasteiger partial charge in [0, 0.05) is 12.8 Å². The summed E-state index contributed by atoms with van der Waals surface area (Å²) in [6.45, 7) is 4.78. The Labute approximate surface area is 347 Å². The van der Waals surface area contributed by atoms with Crippen LogP contribution in [0.5, 0.6) is 0 Å². The fraction of sp³-hybridized carbons (Fsp3) is 0.840. The lowest BCUT2D eigenvalue weighted by Crippen LogP contribution is -2.45. The van der Waals surface area contributed by atoms with E-state index in [4.69, 9.17) is 4.74 Å². The molecule has 6 heteroatoms. The number of carbonyl (C=O) groups excluding carboxylic acids is 2. The van der Waals surface area contributed by atoms with Crippen molar-refractivity contribution >= 4 is 11.9 Å². The second-order valence-corrected chi connectivity index (χ2v) is 16.4. The average Bonchev–Trinajstić information content (AvgIpc) is 3.20. The summed E-state index contributed by atoms with van der Waals surface area (Å²) in [5, 5.41) is 23.0. The quantitative estimate of drug-likeness (QED) is 0.0325. The predicted octanol–water partition coefficient (Wildman–Crippen LogP) is 14.1. The molecule has 0 fully saturated rings. The molecule has 0 aromatic heterocycles. The van der Waals surface area contributed by atoms with E-state index in [2.05, 4.69) is 43.5 Å². The maximum Gasteiger partial charge on any atom is 0.305 e. The standard InChI is InChI=1S/C50H93NO5/c1-3-5-7-9-11-13-15-17-19-22-26-30-34-38-42-48(53)47(46-52)51-49(54)43-39-35-31-27-23-20-21-25-29-33-37-41-45-56-50(55)44-40-36-32-28-24-18-16-14-12-10-8-6-4-2/h8,10,14,16,38,42,47-48,52-53H,3-7,9,11-13,15,17-37,39-41,43-46H2,1-2H3,(H,51,54)/b10-8-,16-14-,42-38+. The highest BCUT2D eigenvalue weighted by Gasteiger charge is 2.18. The van der Waals surface area contributed by atoms with Crippen LogP contribution in [0.25, 0.3) is 0 Å². The molecule has 0 aliphatic carbocycles. The van der Waals surface area contributed by atoms with E-state index >= 15 is 0 Å².